The lowest BCUT2D eigenvalue weighted by molar-refractivity contribution is 0.233. The van der Waals surface area contributed by atoms with Gasteiger partial charge >= 0.3 is 6.03 Å². The molecule has 0 saturated carbocycles. The van der Waals surface area contributed by atoms with Crippen LogP contribution in [0.3, 0.4) is 0 Å². The number of carbonyl (C=O) groups excluding carboxylic acids is 1. The van der Waals surface area contributed by atoms with Crippen molar-refractivity contribution >= 4 is 17.0 Å². The van der Waals surface area contributed by atoms with Crippen molar-refractivity contribution < 1.29 is 13.9 Å². The largest absolute Gasteiger partial charge is 0.496 e. The molecule has 3 aromatic rings. The zero-order valence-corrected chi connectivity index (χ0v) is 14.6. The summed E-state index contributed by atoms with van der Waals surface area (Å²) in [5.41, 5.74) is 1.74. The number of ether oxygens (including phenoxy) is 1. The minimum Gasteiger partial charge on any atom is -0.496 e. The fourth-order valence-corrected chi connectivity index (χ4v) is 2.82. The van der Waals surface area contributed by atoms with Gasteiger partial charge in [-0.1, -0.05) is 36.4 Å². The summed E-state index contributed by atoms with van der Waals surface area (Å²) >= 11 is 0. The third kappa shape index (κ3) is 3.76. The fourth-order valence-electron chi connectivity index (χ4n) is 2.82. The van der Waals surface area contributed by atoms with Crippen LogP contribution in [0.25, 0.3) is 11.0 Å². The maximum absolute atomic E-state index is 12.3. The number of methoxy groups -OCH3 is 1. The van der Waals surface area contributed by atoms with Crippen LogP contribution in [0.4, 0.5) is 4.79 Å². The van der Waals surface area contributed by atoms with Gasteiger partial charge in [0.1, 0.15) is 17.1 Å². The van der Waals surface area contributed by atoms with Crippen molar-refractivity contribution in [1.82, 2.24) is 10.6 Å². The van der Waals surface area contributed by atoms with E-state index in [0.717, 1.165) is 28.0 Å². The van der Waals surface area contributed by atoms with Crippen LogP contribution in [0, 0.1) is 0 Å². The van der Waals surface area contributed by atoms with E-state index in [1.54, 1.807) is 7.11 Å². The molecular formula is C20H22N2O3. The molecular weight excluding hydrogens is 316 g/mol. The Bertz CT molecular complexity index is 839. The lowest BCUT2D eigenvalue weighted by Crippen LogP contribution is -2.38. The third-order valence-corrected chi connectivity index (χ3v) is 4.17. The first-order valence-electron chi connectivity index (χ1n) is 8.27. The van der Waals surface area contributed by atoms with Gasteiger partial charge in [-0.25, -0.2) is 4.79 Å². The van der Waals surface area contributed by atoms with Crippen LogP contribution in [0.1, 0.15) is 37.3 Å². The Labute approximate surface area is 147 Å². The number of fused-ring (bicyclic) bond motifs is 1. The highest BCUT2D eigenvalue weighted by Gasteiger charge is 2.17. The number of furan rings is 1. The van der Waals surface area contributed by atoms with Crippen LogP contribution < -0.4 is 15.4 Å². The van der Waals surface area contributed by atoms with E-state index in [-0.39, 0.29) is 18.1 Å². The molecule has 0 radical (unpaired) electrons. The summed E-state index contributed by atoms with van der Waals surface area (Å²) in [5, 5.41) is 6.87. The lowest BCUT2D eigenvalue weighted by atomic mass is 10.1. The molecule has 0 spiro atoms. The smallest absolute Gasteiger partial charge is 0.315 e. The number of urea groups is 1. The molecule has 0 fully saturated rings. The van der Waals surface area contributed by atoms with E-state index in [9.17, 15) is 4.79 Å². The van der Waals surface area contributed by atoms with Gasteiger partial charge in [0, 0.05) is 10.9 Å². The fraction of sp³-hybridized carbons (Fsp3) is 0.250. The second kappa shape index (κ2) is 7.30. The zero-order chi connectivity index (χ0) is 17.8. The first-order chi connectivity index (χ1) is 12.1. The van der Waals surface area contributed by atoms with E-state index in [1.165, 1.54) is 0 Å². The van der Waals surface area contributed by atoms with Crippen molar-refractivity contribution in [2.24, 2.45) is 0 Å². The summed E-state index contributed by atoms with van der Waals surface area (Å²) in [6.07, 6.45) is 0. The highest BCUT2D eigenvalue weighted by Crippen LogP contribution is 2.25. The summed E-state index contributed by atoms with van der Waals surface area (Å²) in [6.45, 7) is 3.81. The molecule has 0 aliphatic rings. The van der Waals surface area contributed by atoms with Crippen LogP contribution >= 0.6 is 0 Å². The van der Waals surface area contributed by atoms with Gasteiger partial charge in [-0.05, 0) is 32.0 Å². The van der Waals surface area contributed by atoms with Gasteiger partial charge in [0.15, 0.2) is 0 Å². The lowest BCUT2D eigenvalue weighted by Gasteiger charge is -2.19. The second-order valence-corrected chi connectivity index (χ2v) is 5.99. The summed E-state index contributed by atoms with van der Waals surface area (Å²) < 4.78 is 11.1. The molecule has 5 heteroatoms. The predicted molar refractivity (Wildman–Crippen MR) is 97.7 cm³/mol. The Morgan fingerprint density at radius 3 is 2.44 bits per heavy atom. The van der Waals surface area contributed by atoms with Gasteiger partial charge in [-0.2, -0.15) is 0 Å². The number of para-hydroxylation sites is 2. The standard InChI is InChI=1S/C20H22N2O3/c1-13(16-9-5-7-11-18(16)24-3)21-20(23)22-14(2)19-12-15-8-4-6-10-17(15)25-19/h4-14H,1-3H3,(H2,21,22,23)/t13-,14-/m1/s1. The number of benzene rings is 2. The molecule has 0 aliphatic carbocycles. The SMILES string of the molecule is COc1ccccc1[C@@H](C)NC(=O)N[C@H](C)c1cc2ccccc2o1. The van der Waals surface area contributed by atoms with Crippen molar-refractivity contribution in [3.63, 3.8) is 0 Å². The minimum atomic E-state index is -0.258. The Hall–Kier alpha value is -2.95. The Balaban J connectivity index is 1.65. The highest BCUT2D eigenvalue weighted by atomic mass is 16.5. The molecule has 2 atom stereocenters. The number of carbonyl (C=O) groups is 1. The third-order valence-electron chi connectivity index (χ3n) is 4.17. The van der Waals surface area contributed by atoms with E-state index < -0.39 is 0 Å². The minimum absolute atomic E-state index is 0.181. The van der Waals surface area contributed by atoms with Gasteiger partial charge in [-0.15, -0.1) is 0 Å². The van der Waals surface area contributed by atoms with Crippen molar-refractivity contribution in [1.29, 1.82) is 0 Å². The molecule has 25 heavy (non-hydrogen) atoms. The average molecular weight is 338 g/mol. The molecule has 2 amide bonds. The van der Waals surface area contributed by atoms with Crippen LogP contribution in [-0.2, 0) is 0 Å². The van der Waals surface area contributed by atoms with Gasteiger partial charge < -0.3 is 19.8 Å². The number of rotatable bonds is 5. The number of nitrogens with one attached hydrogen (secondary N) is 2. The molecule has 1 aromatic heterocycles. The molecule has 1 heterocycles. The second-order valence-electron chi connectivity index (χ2n) is 5.99. The average Bonchev–Trinajstić information content (AvgIpc) is 3.05. The van der Waals surface area contributed by atoms with Crippen molar-refractivity contribution in [2.45, 2.75) is 25.9 Å². The van der Waals surface area contributed by atoms with Crippen LogP contribution in [0.2, 0.25) is 0 Å². The van der Waals surface area contributed by atoms with Gasteiger partial charge in [0.25, 0.3) is 0 Å². The van der Waals surface area contributed by atoms with Crippen molar-refractivity contribution in [3.05, 3.63) is 65.9 Å². The van der Waals surface area contributed by atoms with E-state index >= 15 is 0 Å². The van der Waals surface area contributed by atoms with Crippen LogP contribution in [0.5, 0.6) is 5.75 Å². The monoisotopic (exact) mass is 338 g/mol. The number of amides is 2. The molecule has 2 N–H and O–H groups in total. The van der Waals surface area contributed by atoms with Crippen LogP contribution in [-0.4, -0.2) is 13.1 Å². The normalized spacial score (nSPS) is 13.2. The van der Waals surface area contributed by atoms with E-state index in [0.29, 0.717) is 0 Å². The quantitative estimate of drug-likeness (QED) is 0.716. The van der Waals surface area contributed by atoms with Gasteiger partial charge in [0.05, 0.1) is 19.2 Å². The van der Waals surface area contributed by atoms with E-state index in [4.69, 9.17) is 9.15 Å². The molecule has 0 aliphatic heterocycles. The van der Waals surface area contributed by atoms with Crippen molar-refractivity contribution in [3.8, 4) is 5.75 Å². The molecule has 0 saturated heterocycles. The van der Waals surface area contributed by atoms with E-state index in [2.05, 4.69) is 10.6 Å². The maximum atomic E-state index is 12.3. The summed E-state index contributed by atoms with van der Waals surface area (Å²) in [4.78, 5) is 12.3. The summed E-state index contributed by atoms with van der Waals surface area (Å²) in [5.74, 6) is 1.47. The molecule has 2 aromatic carbocycles. The molecule has 0 bridgehead atoms. The number of hydrogen-bond acceptors (Lipinski definition) is 3. The highest BCUT2D eigenvalue weighted by molar-refractivity contribution is 5.78. The number of hydrogen-bond donors (Lipinski definition) is 2. The zero-order valence-electron chi connectivity index (χ0n) is 14.6. The van der Waals surface area contributed by atoms with Gasteiger partial charge in [-0.3, -0.25) is 0 Å². The topological polar surface area (TPSA) is 63.5 Å². The van der Waals surface area contributed by atoms with Crippen LogP contribution in [0.15, 0.2) is 59.0 Å². The Kier molecular flexibility index (Phi) is 4.93. The molecule has 3 rings (SSSR count). The van der Waals surface area contributed by atoms with Gasteiger partial charge in [0.2, 0.25) is 0 Å². The molecule has 5 nitrogen and oxygen atoms in total. The van der Waals surface area contributed by atoms with Crippen molar-refractivity contribution in [2.75, 3.05) is 7.11 Å². The first-order valence-corrected chi connectivity index (χ1v) is 8.27. The molecule has 0 unspecified atom stereocenters. The summed E-state index contributed by atoms with van der Waals surface area (Å²) in [6, 6.07) is 16.7. The molecule has 130 valence electrons. The first kappa shape index (κ1) is 16.9. The summed E-state index contributed by atoms with van der Waals surface area (Å²) in [7, 11) is 1.62. The Morgan fingerprint density at radius 2 is 1.68 bits per heavy atom. The van der Waals surface area contributed by atoms with E-state index in [1.807, 2.05) is 68.4 Å². The Morgan fingerprint density at radius 1 is 1.00 bits per heavy atom. The maximum Gasteiger partial charge on any atom is 0.315 e. The predicted octanol–water partition coefficient (Wildman–Crippen LogP) is 4.56.